The number of anilines is 1. The van der Waals surface area contributed by atoms with E-state index < -0.39 is 0 Å². The summed E-state index contributed by atoms with van der Waals surface area (Å²) in [7, 11) is 1.77. The first-order chi connectivity index (χ1) is 15.2. The van der Waals surface area contributed by atoms with Crippen molar-refractivity contribution >= 4 is 17.6 Å². The van der Waals surface area contributed by atoms with E-state index in [1.54, 1.807) is 7.05 Å². The quantitative estimate of drug-likeness (QED) is 0.277. The number of guanidine groups is 1. The monoisotopic (exact) mass is 425 g/mol. The summed E-state index contributed by atoms with van der Waals surface area (Å²) < 4.78 is 5.55. The van der Waals surface area contributed by atoms with Crippen LogP contribution in [0.1, 0.15) is 25.8 Å². The molecule has 7 heteroatoms. The summed E-state index contributed by atoms with van der Waals surface area (Å²) in [5.41, 5.74) is 2.30. The molecule has 0 fully saturated rings. The standard InChI is InChI=1S/C24H35N5O2/c1-4-26-23(30)19-31-22-14-9-11-20(17-22)18-28-24(25-3)27-15-10-16-29(5-2)21-12-7-6-8-13-21/h6-9,11-14,17H,4-5,10,15-16,18-19H2,1-3H3,(H,26,30)(H2,25,27,28). The van der Waals surface area contributed by atoms with Crippen LogP contribution in [0.4, 0.5) is 5.69 Å². The van der Waals surface area contributed by atoms with E-state index in [0.717, 1.165) is 37.6 Å². The van der Waals surface area contributed by atoms with Crippen LogP contribution in [0.15, 0.2) is 59.6 Å². The lowest BCUT2D eigenvalue weighted by Crippen LogP contribution is -2.38. The molecule has 31 heavy (non-hydrogen) atoms. The zero-order valence-corrected chi connectivity index (χ0v) is 18.9. The summed E-state index contributed by atoms with van der Waals surface area (Å²) in [4.78, 5) is 18.2. The zero-order valence-electron chi connectivity index (χ0n) is 18.9. The molecule has 0 bridgehead atoms. The van der Waals surface area contributed by atoms with E-state index in [2.05, 4.69) is 57.0 Å². The lowest BCUT2D eigenvalue weighted by Gasteiger charge is -2.23. The lowest BCUT2D eigenvalue weighted by atomic mass is 10.2. The predicted molar refractivity (Wildman–Crippen MR) is 128 cm³/mol. The number of para-hydroxylation sites is 1. The van der Waals surface area contributed by atoms with Gasteiger partial charge in [-0.1, -0.05) is 30.3 Å². The topological polar surface area (TPSA) is 78.0 Å². The Kier molecular flexibility index (Phi) is 10.8. The van der Waals surface area contributed by atoms with Gasteiger partial charge in [-0.15, -0.1) is 0 Å². The van der Waals surface area contributed by atoms with E-state index in [1.807, 2.05) is 37.3 Å². The summed E-state index contributed by atoms with van der Waals surface area (Å²) in [6, 6.07) is 18.2. The number of carbonyl (C=O) groups is 1. The molecule has 7 nitrogen and oxygen atoms in total. The van der Waals surface area contributed by atoms with Gasteiger partial charge in [-0.3, -0.25) is 9.79 Å². The van der Waals surface area contributed by atoms with E-state index in [0.29, 0.717) is 18.8 Å². The molecule has 0 unspecified atom stereocenters. The molecular formula is C24H35N5O2. The number of amides is 1. The van der Waals surface area contributed by atoms with Gasteiger partial charge in [-0.25, -0.2) is 0 Å². The van der Waals surface area contributed by atoms with Crippen LogP contribution in [0.25, 0.3) is 0 Å². The Bertz CT molecular complexity index is 811. The maximum absolute atomic E-state index is 11.5. The molecule has 0 radical (unpaired) electrons. The second-order valence-corrected chi connectivity index (χ2v) is 7.01. The van der Waals surface area contributed by atoms with Gasteiger partial charge in [0.25, 0.3) is 5.91 Å². The van der Waals surface area contributed by atoms with Gasteiger partial charge in [0.15, 0.2) is 12.6 Å². The largest absolute Gasteiger partial charge is 0.484 e. The van der Waals surface area contributed by atoms with E-state index in [9.17, 15) is 4.79 Å². The average Bonchev–Trinajstić information content (AvgIpc) is 2.81. The van der Waals surface area contributed by atoms with E-state index in [4.69, 9.17) is 4.74 Å². The fourth-order valence-electron chi connectivity index (χ4n) is 3.13. The minimum Gasteiger partial charge on any atom is -0.484 e. The fourth-order valence-corrected chi connectivity index (χ4v) is 3.13. The van der Waals surface area contributed by atoms with Gasteiger partial charge in [-0.2, -0.15) is 0 Å². The zero-order chi connectivity index (χ0) is 22.3. The van der Waals surface area contributed by atoms with Gasteiger partial charge in [0.2, 0.25) is 0 Å². The van der Waals surface area contributed by atoms with Gasteiger partial charge >= 0.3 is 0 Å². The number of likely N-dealkylation sites (N-methyl/N-ethyl adjacent to an activating group) is 1. The molecule has 2 rings (SSSR count). The Morgan fingerprint density at radius 2 is 1.84 bits per heavy atom. The first kappa shape index (κ1) is 24.1. The van der Waals surface area contributed by atoms with Crippen molar-refractivity contribution in [1.82, 2.24) is 16.0 Å². The highest BCUT2D eigenvalue weighted by Crippen LogP contribution is 2.14. The van der Waals surface area contributed by atoms with Gasteiger partial charge in [-0.05, 0) is 50.1 Å². The Labute approximate surface area is 185 Å². The maximum atomic E-state index is 11.5. The van der Waals surface area contributed by atoms with Crippen LogP contribution in [0.3, 0.4) is 0 Å². The second kappa shape index (κ2) is 13.9. The highest BCUT2D eigenvalue weighted by atomic mass is 16.5. The number of benzene rings is 2. The predicted octanol–water partition coefficient (Wildman–Crippen LogP) is 2.78. The van der Waals surface area contributed by atoms with E-state index in [1.165, 1.54) is 5.69 Å². The van der Waals surface area contributed by atoms with Gasteiger partial charge < -0.3 is 25.6 Å². The van der Waals surface area contributed by atoms with Crippen LogP contribution < -0.4 is 25.6 Å². The number of nitrogens with zero attached hydrogens (tertiary/aromatic N) is 2. The molecule has 0 aliphatic carbocycles. The molecule has 0 heterocycles. The average molecular weight is 426 g/mol. The van der Waals surface area contributed by atoms with Crippen molar-refractivity contribution in [2.45, 2.75) is 26.8 Å². The van der Waals surface area contributed by atoms with Crippen molar-refractivity contribution in [1.29, 1.82) is 0 Å². The molecule has 0 spiro atoms. The Morgan fingerprint density at radius 3 is 2.55 bits per heavy atom. The molecule has 2 aromatic carbocycles. The molecule has 0 aliphatic rings. The number of hydrogen-bond acceptors (Lipinski definition) is 4. The lowest BCUT2D eigenvalue weighted by molar-refractivity contribution is -0.122. The summed E-state index contributed by atoms with van der Waals surface area (Å²) >= 11 is 0. The molecule has 0 saturated carbocycles. The molecule has 0 aliphatic heterocycles. The fraction of sp³-hybridized carbons (Fsp3) is 0.417. The van der Waals surface area contributed by atoms with Gasteiger partial charge in [0, 0.05) is 45.5 Å². The third-order valence-electron chi connectivity index (χ3n) is 4.73. The van der Waals surface area contributed by atoms with Crippen molar-refractivity contribution < 1.29 is 9.53 Å². The van der Waals surface area contributed by atoms with Gasteiger partial charge in [0.1, 0.15) is 5.75 Å². The van der Waals surface area contributed by atoms with Crippen molar-refractivity contribution in [2.24, 2.45) is 4.99 Å². The van der Waals surface area contributed by atoms with Crippen LogP contribution in [-0.2, 0) is 11.3 Å². The molecule has 3 N–H and O–H groups in total. The smallest absolute Gasteiger partial charge is 0.257 e. The van der Waals surface area contributed by atoms with Crippen molar-refractivity contribution in [3.05, 3.63) is 60.2 Å². The van der Waals surface area contributed by atoms with Crippen molar-refractivity contribution in [2.75, 3.05) is 44.7 Å². The van der Waals surface area contributed by atoms with Crippen LogP contribution in [0.2, 0.25) is 0 Å². The number of nitrogens with one attached hydrogen (secondary N) is 3. The van der Waals surface area contributed by atoms with Crippen LogP contribution in [0, 0.1) is 0 Å². The molecular weight excluding hydrogens is 390 g/mol. The van der Waals surface area contributed by atoms with Crippen molar-refractivity contribution in [3.63, 3.8) is 0 Å². The molecule has 0 atom stereocenters. The molecule has 168 valence electrons. The Balaban J connectivity index is 1.73. The maximum Gasteiger partial charge on any atom is 0.257 e. The molecule has 1 amide bonds. The highest BCUT2D eigenvalue weighted by molar-refractivity contribution is 5.79. The Morgan fingerprint density at radius 1 is 1.03 bits per heavy atom. The summed E-state index contributed by atoms with van der Waals surface area (Å²) in [6.45, 7) is 8.09. The minimum atomic E-state index is -0.121. The first-order valence-corrected chi connectivity index (χ1v) is 10.9. The number of hydrogen-bond donors (Lipinski definition) is 3. The molecule has 2 aromatic rings. The number of carbonyl (C=O) groups excluding carboxylic acids is 1. The number of aliphatic imine (C=N–C) groups is 1. The number of ether oxygens (including phenoxy) is 1. The minimum absolute atomic E-state index is 0.0195. The van der Waals surface area contributed by atoms with Crippen LogP contribution >= 0.6 is 0 Å². The highest BCUT2D eigenvalue weighted by Gasteiger charge is 2.05. The Hall–Kier alpha value is -3.22. The first-order valence-electron chi connectivity index (χ1n) is 10.9. The van der Waals surface area contributed by atoms with Crippen molar-refractivity contribution in [3.8, 4) is 5.75 Å². The van der Waals surface area contributed by atoms with Gasteiger partial charge in [0.05, 0.1) is 0 Å². The van der Waals surface area contributed by atoms with E-state index in [-0.39, 0.29) is 12.5 Å². The number of rotatable bonds is 12. The van der Waals surface area contributed by atoms with Crippen LogP contribution in [-0.4, -0.2) is 51.7 Å². The third-order valence-corrected chi connectivity index (χ3v) is 4.73. The second-order valence-electron chi connectivity index (χ2n) is 7.01. The summed E-state index contributed by atoms with van der Waals surface area (Å²) in [5, 5.41) is 9.41. The SMILES string of the molecule is CCNC(=O)COc1cccc(CNC(=NC)NCCCN(CC)c2ccccc2)c1. The normalized spacial score (nSPS) is 11.0. The molecule has 0 saturated heterocycles. The molecule has 0 aromatic heterocycles. The third kappa shape index (κ3) is 8.99. The van der Waals surface area contributed by atoms with E-state index >= 15 is 0 Å². The summed E-state index contributed by atoms with van der Waals surface area (Å²) in [5.74, 6) is 1.31. The summed E-state index contributed by atoms with van der Waals surface area (Å²) in [6.07, 6.45) is 1.01. The van der Waals surface area contributed by atoms with Crippen LogP contribution in [0.5, 0.6) is 5.75 Å².